The number of carbonyl (C=O) groups excluding carboxylic acids is 1. The largest absolute Gasteiger partial charge is 0.379 e. The number of hydrogen-bond acceptors (Lipinski definition) is 4. The summed E-state index contributed by atoms with van der Waals surface area (Å²) in [6, 6.07) is 3.52. The number of carbonyl (C=O) groups is 1. The lowest BCUT2D eigenvalue weighted by Crippen LogP contribution is -2.26. The lowest BCUT2D eigenvalue weighted by Gasteiger charge is -2.08. The molecule has 0 atom stereocenters. The van der Waals surface area contributed by atoms with Crippen LogP contribution in [-0.2, 0) is 4.74 Å². The van der Waals surface area contributed by atoms with E-state index >= 15 is 0 Å². The molecule has 0 aliphatic carbocycles. The summed E-state index contributed by atoms with van der Waals surface area (Å²) < 4.78 is 5.44. The summed E-state index contributed by atoms with van der Waals surface area (Å²) in [6.45, 7) is 5.58. The lowest BCUT2D eigenvalue weighted by atomic mass is 10.2. The van der Waals surface area contributed by atoms with E-state index in [1.165, 1.54) is 0 Å². The van der Waals surface area contributed by atoms with Crippen molar-refractivity contribution in [1.29, 1.82) is 0 Å². The summed E-state index contributed by atoms with van der Waals surface area (Å²) in [7, 11) is 0. The van der Waals surface area contributed by atoms with E-state index in [0.29, 0.717) is 24.4 Å². The van der Waals surface area contributed by atoms with Crippen molar-refractivity contribution in [3.05, 3.63) is 29.6 Å². The molecule has 21 heavy (non-hydrogen) atoms. The van der Waals surface area contributed by atoms with Gasteiger partial charge in [-0.05, 0) is 38.8 Å². The molecule has 5 nitrogen and oxygen atoms in total. The third-order valence-electron chi connectivity index (χ3n) is 2.66. The van der Waals surface area contributed by atoms with Crippen LogP contribution in [0.2, 0.25) is 0 Å². The molecule has 0 aromatic carbocycles. The molecule has 0 bridgehead atoms. The van der Waals surface area contributed by atoms with E-state index in [2.05, 4.69) is 22.1 Å². The zero-order valence-electron chi connectivity index (χ0n) is 12.7. The standard InChI is InChI=1S/C16H23N3O2/c1-13(2)21-12-4-3-10-19-16(20)15-14(7-5-9-17)8-6-11-18-15/h6,8,11,13H,3-4,9-10,12,17H2,1-2H3,(H,19,20). The van der Waals surface area contributed by atoms with E-state index in [0.717, 1.165) is 12.8 Å². The number of nitrogens with two attached hydrogens (primary N) is 1. The van der Waals surface area contributed by atoms with Crippen LogP contribution in [0.15, 0.2) is 18.3 Å². The third-order valence-corrected chi connectivity index (χ3v) is 2.66. The van der Waals surface area contributed by atoms with Crippen molar-refractivity contribution in [3.8, 4) is 11.8 Å². The summed E-state index contributed by atoms with van der Waals surface area (Å²) in [4.78, 5) is 16.2. The highest BCUT2D eigenvalue weighted by Crippen LogP contribution is 2.03. The highest BCUT2D eigenvalue weighted by molar-refractivity contribution is 5.94. The quantitative estimate of drug-likeness (QED) is 0.586. The number of amides is 1. The Kier molecular flexibility index (Phi) is 8.10. The molecule has 114 valence electrons. The average Bonchev–Trinajstić information content (AvgIpc) is 2.48. The molecule has 0 aliphatic heterocycles. The van der Waals surface area contributed by atoms with Crippen LogP contribution in [0.3, 0.4) is 0 Å². The van der Waals surface area contributed by atoms with Gasteiger partial charge in [-0.15, -0.1) is 0 Å². The topological polar surface area (TPSA) is 77.2 Å². The SMILES string of the molecule is CC(C)OCCCCNC(=O)c1ncccc1C#CCN. The molecular formula is C16H23N3O2. The Hall–Kier alpha value is -1.90. The van der Waals surface area contributed by atoms with Gasteiger partial charge in [-0.3, -0.25) is 4.79 Å². The van der Waals surface area contributed by atoms with Crippen LogP contribution in [0.5, 0.6) is 0 Å². The van der Waals surface area contributed by atoms with E-state index in [1.54, 1.807) is 18.3 Å². The molecule has 0 saturated carbocycles. The fourth-order valence-corrected chi connectivity index (χ4v) is 1.67. The van der Waals surface area contributed by atoms with Crippen LogP contribution in [0.1, 0.15) is 42.7 Å². The fraction of sp³-hybridized carbons (Fsp3) is 0.500. The average molecular weight is 289 g/mol. The van der Waals surface area contributed by atoms with E-state index < -0.39 is 0 Å². The Bertz CT molecular complexity index is 504. The second-order valence-electron chi connectivity index (χ2n) is 4.79. The monoisotopic (exact) mass is 289 g/mol. The maximum absolute atomic E-state index is 12.1. The molecule has 1 aromatic rings. The smallest absolute Gasteiger partial charge is 0.271 e. The molecule has 1 heterocycles. The molecule has 3 N–H and O–H groups in total. The van der Waals surface area contributed by atoms with Gasteiger partial charge in [0.1, 0.15) is 5.69 Å². The van der Waals surface area contributed by atoms with Crippen molar-refractivity contribution >= 4 is 5.91 Å². The fourth-order valence-electron chi connectivity index (χ4n) is 1.67. The van der Waals surface area contributed by atoms with Gasteiger partial charge < -0.3 is 15.8 Å². The Morgan fingerprint density at radius 2 is 2.29 bits per heavy atom. The van der Waals surface area contributed by atoms with Gasteiger partial charge in [-0.2, -0.15) is 0 Å². The Balaban J connectivity index is 2.42. The number of pyridine rings is 1. The highest BCUT2D eigenvalue weighted by atomic mass is 16.5. The van der Waals surface area contributed by atoms with E-state index in [4.69, 9.17) is 10.5 Å². The number of aromatic nitrogens is 1. The number of ether oxygens (including phenoxy) is 1. The van der Waals surface area contributed by atoms with Gasteiger partial charge in [0.2, 0.25) is 0 Å². The third kappa shape index (κ3) is 6.89. The van der Waals surface area contributed by atoms with Crippen LogP contribution in [0, 0.1) is 11.8 Å². The van der Waals surface area contributed by atoms with Gasteiger partial charge in [0, 0.05) is 19.3 Å². The van der Waals surface area contributed by atoms with Crippen molar-refractivity contribution < 1.29 is 9.53 Å². The lowest BCUT2D eigenvalue weighted by molar-refractivity contribution is 0.0754. The maximum atomic E-state index is 12.1. The van der Waals surface area contributed by atoms with Crippen LogP contribution < -0.4 is 11.1 Å². The first-order valence-corrected chi connectivity index (χ1v) is 7.19. The molecule has 0 saturated heterocycles. The van der Waals surface area contributed by atoms with Gasteiger partial charge in [0.25, 0.3) is 5.91 Å². The van der Waals surface area contributed by atoms with Crippen molar-refractivity contribution in [2.45, 2.75) is 32.8 Å². The number of nitrogens with one attached hydrogen (secondary N) is 1. The number of nitrogens with zero attached hydrogens (tertiary/aromatic N) is 1. The van der Waals surface area contributed by atoms with Gasteiger partial charge in [0.05, 0.1) is 18.2 Å². The first-order valence-electron chi connectivity index (χ1n) is 7.19. The summed E-state index contributed by atoms with van der Waals surface area (Å²) >= 11 is 0. The zero-order chi connectivity index (χ0) is 15.5. The Labute approximate surface area is 126 Å². The van der Waals surface area contributed by atoms with Crippen molar-refractivity contribution in [1.82, 2.24) is 10.3 Å². The molecule has 0 radical (unpaired) electrons. The molecule has 0 fully saturated rings. The van der Waals surface area contributed by atoms with Crippen LogP contribution in [-0.4, -0.2) is 36.7 Å². The van der Waals surface area contributed by atoms with E-state index in [1.807, 2.05) is 13.8 Å². The van der Waals surface area contributed by atoms with Gasteiger partial charge >= 0.3 is 0 Å². The molecule has 0 unspecified atom stereocenters. The van der Waals surface area contributed by atoms with Crippen LogP contribution in [0.4, 0.5) is 0 Å². The van der Waals surface area contributed by atoms with Crippen molar-refractivity contribution in [3.63, 3.8) is 0 Å². The summed E-state index contributed by atoms with van der Waals surface area (Å²) in [6.07, 6.45) is 3.62. The second kappa shape index (κ2) is 9.92. The van der Waals surface area contributed by atoms with Crippen molar-refractivity contribution in [2.24, 2.45) is 5.73 Å². The predicted octanol–water partition coefficient (Wildman–Crippen LogP) is 1.33. The Morgan fingerprint density at radius 1 is 1.48 bits per heavy atom. The summed E-state index contributed by atoms with van der Waals surface area (Å²) in [5.41, 5.74) is 6.29. The molecule has 0 aliphatic rings. The predicted molar refractivity (Wildman–Crippen MR) is 82.8 cm³/mol. The number of rotatable bonds is 7. The number of unbranched alkanes of at least 4 members (excludes halogenated alkanes) is 1. The number of hydrogen-bond donors (Lipinski definition) is 2. The normalized spacial score (nSPS) is 10.1. The maximum Gasteiger partial charge on any atom is 0.271 e. The molecule has 5 heteroatoms. The molecule has 0 spiro atoms. The van der Waals surface area contributed by atoms with Gasteiger partial charge in [0.15, 0.2) is 0 Å². The van der Waals surface area contributed by atoms with E-state index in [-0.39, 0.29) is 18.6 Å². The van der Waals surface area contributed by atoms with E-state index in [9.17, 15) is 4.79 Å². The second-order valence-corrected chi connectivity index (χ2v) is 4.79. The van der Waals surface area contributed by atoms with Crippen LogP contribution in [0.25, 0.3) is 0 Å². The Morgan fingerprint density at radius 3 is 3.00 bits per heavy atom. The highest BCUT2D eigenvalue weighted by Gasteiger charge is 2.10. The summed E-state index contributed by atoms with van der Waals surface area (Å²) in [5, 5.41) is 2.85. The zero-order valence-corrected chi connectivity index (χ0v) is 12.7. The van der Waals surface area contributed by atoms with Gasteiger partial charge in [-0.25, -0.2) is 4.98 Å². The molecular weight excluding hydrogens is 266 g/mol. The first kappa shape index (κ1) is 17.2. The summed E-state index contributed by atoms with van der Waals surface area (Å²) in [5.74, 6) is 5.39. The van der Waals surface area contributed by atoms with Gasteiger partial charge in [-0.1, -0.05) is 11.8 Å². The molecule has 1 aromatic heterocycles. The minimum absolute atomic E-state index is 0.207. The van der Waals surface area contributed by atoms with Crippen molar-refractivity contribution in [2.75, 3.05) is 19.7 Å². The molecule has 1 amide bonds. The van der Waals surface area contributed by atoms with Crippen LogP contribution >= 0.6 is 0 Å². The molecule has 1 rings (SSSR count). The minimum Gasteiger partial charge on any atom is -0.379 e. The first-order chi connectivity index (χ1) is 10.1. The minimum atomic E-state index is -0.207.